The van der Waals surface area contributed by atoms with Crippen LogP contribution in [0.5, 0.6) is 0 Å². The van der Waals surface area contributed by atoms with Crippen LogP contribution in [0.2, 0.25) is 0 Å². The van der Waals surface area contributed by atoms with Gasteiger partial charge in [-0.3, -0.25) is 9.59 Å². The van der Waals surface area contributed by atoms with Gasteiger partial charge in [-0.05, 0) is 37.5 Å². The minimum Gasteiger partial charge on any atom is -0.354 e. The van der Waals surface area contributed by atoms with Crippen molar-refractivity contribution in [2.24, 2.45) is 0 Å². The minimum absolute atomic E-state index is 0.0265. The molecular weight excluding hydrogens is 326 g/mol. The zero-order valence-corrected chi connectivity index (χ0v) is 14.9. The summed E-state index contributed by atoms with van der Waals surface area (Å²) in [6.45, 7) is 2.01. The third-order valence-corrected chi connectivity index (χ3v) is 4.37. The quantitative estimate of drug-likeness (QED) is 0.688. The highest BCUT2D eigenvalue weighted by Crippen LogP contribution is 2.07. The van der Waals surface area contributed by atoms with E-state index in [9.17, 15) is 9.59 Å². The molecule has 3 rings (SSSR count). The number of aromatic amines is 1. The van der Waals surface area contributed by atoms with Crippen LogP contribution in [0.3, 0.4) is 0 Å². The van der Waals surface area contributed by atoms with Gasteiger partial charge >= 0.3 is 0 Å². The summed E-state index contributed by atoms with van der Waals surface area (Å²) in [6, 6.07) is 17.5. The van der Waals surface area contributed by atoms with E-state index in [1.807, 2.05) is 37.3 Å². The van der Waals surface area contributed by atoms with Crippen molar-refractivity contribution in [2.45, 2.75) is 38.6 Å². The Morgan fingerprint density at radius 3 is 2.62 bits per heavy atom. The van der Waals surface area contributed by atoms with Gasteiger partial charge in [0.1, 0.15) is 5.82 Å². The molecule has 2 N–H and O–H groups in total. The van der Waals surface area contributed by atoms with Crippen LogP contribution in [-0.2, 0) is 17.6 Å². The Balaban J connectivity index is 1.50. The van der Waals surface area contributed by atoms with E-state index in [-0.39, 0.29) is 17.5 Å². The number of benzene rings is 2. The van der Waals surface area contributed by atoms with Gasteiger partial charge in [0.15, 0.2) is 0 Å². The first-order valence-electron chi connectivity index (χ1n) is 8.93. The van der Waals surface area contributed by atoms with Crippen molar-refractivity contribution in [3.63, 3.8) is 0 Å². The summed E-state index contributed by atoms with van der Waals surface area (Å²) in [5.41, 5.74) is 1.76. The summed E-state index contributed by atoms with van der Waals surface area (Å²) in [5.74, 6) is 0.516. The molecule has 0 aliphatic rings. The maximum absolute atomic E-state index is 12.2. The van der Waals surface area contributed by atoms with Crippen LogP contribution in [0.15, 0.2) is 59.4 Å². The van der Waals surface area contributed by atoms with E-state index < -0.39 is 0 Å². The number of carbonyl (C=O) groups excluding carboxylic acids is 1. The Morgan fingerprint density at radius 2 is 1.81 bits per heavy atom. The molecule has 5 nitrogen and oxygen atoms in total. The Bertz CT molecular complexity index is 935. The van der Waals surface area contributed by atoms with E-state index in [2.05, 4.69) is 27.4 Å². The molecule has 1 unspecified atom stereocenters. The monoisotopic (exact) mass is 349 g/mol. The molecule has 1 amide bonds. The number of H-pyrrole nitrogens is 1. The van der Waals surface area contributed by atoms with Gasteiger partial charge in [0.05, 0.1) is 10.9 Å². The molecule has 5 heteroatoms. The fraction of sp³-hybridized carbons (Fsp3) is 0.286. The maximum Gasteiger partial charge on any atom is 0.258 e. The molecule has 1 atom stereocenters. The lowest BCUT2D eigenvalue weighted by atomic mass is 10.1. The van der Waals surface area contributed by atoms with E-state index in [0.717, 1.165) is 12.8 Å². The molecule has 2 aromatic carbocycles. The van der Waals surface area contributed by atoms with E-state index in [1.54, 1.807) is 12.1 Å². The summed E-state index contributed by atoms with van der Waals surface area (Å²) >= 11 is 0. The van der Waals surface area contributed by atoms with Gasteiger partial charge in [-0.15, -0.1) is 0 Å². The van der Waals surface area contributed by atoms with Gasteiger partial charge < -0.3 is 10.3 Å². The topological polar surface area (TPSA) is 74.8 Å². The van der Waals surface area contributed by atoms with Crippen LogP contribution in [0.25, 0.3) is 10.9 Å². The second-order valence-electron chi connectivity index (χ2n) is 6.52. The van der Waals surface area contributed by atoms with Crippen molar-refractivity contribution in [3.8, 4) is 0 Å². The highest BCUT2D eigenvalue weighted by atomic mass is 16.1. The van der Waals surface area contributed by atoms with Crippen molar-refractivity contribution < 1.29 is 4.79 Å². The molecule has 1 heterocycles. The summed E-state index contributed by atoms with van der Waals surface area (Å²) < 4.78 is 0. The van der Waals surface area contributed by atoms with Crippen LogP contribution in [0.1, 0.15) is 31.2 Å². The Labute approximate surface area is 152 Å². The number of nitrogens with one attached hydrogen (secondary N) is 2. The molecule has 0 aliphatic heterocycles. The van der Waals surface area contributed by atoms with Gasteiger partial charge in [-0.1, -0.05) is 42.5 Å². The number of para-hydroxylation sites is 1. The highest BCUT2D eigenvalue weighted by Gasteiger charge is 2.10. The Morgan fingerprint density at radius 1 is 1.08 bits per heavy atom. The zero-order chi connectivity index (χ0) is 18.4. The molecule has 0 radical (unpaired) electrons. The van der Waals surface area contributed by atoms with Gasteiger partial charge in [0.2, 0.25) is 5.91 Å². The normalized spacial score (nSPS) is 12.0. The summed E-state index contributed by atoms with van der Waals surface area (Å²) in [4.78, 5) is 31.4. The van der Waals surface area contributed by atoms with Crippen LogP contribution in [0.4, 0.5) is 0 Å². The smallest absolute Gasteiger partial charge is 0.258 e. The molecular formula is C21H23N3O2. The number of aryl methyl sites for hydroxylation is 2. The van der Waals surface area contributed by atoms with Crippen LogP contribution < -0.4 is 10.9 Å². The van der Waals surface area contributed by atoms with Crippen molar-refractivity contribution in [1.82, 2.24) is 15.3 Å². The molecule has 134 valence electrons. The third-order valence-electron chi connectivity index (χ3n) is 4.37. The standard InChI is InChI=1S/C21H23N3O2/c1-15(11-12-16-7-3-2-4-8-16)22-20(25)14-13-19-23-18-10-6-5-9-17(18)21(26)24-19/h2-10,15H,11-14H2,1H3,(H,22,25)(H,23,24,26). The predicted octanol–water partition coefficient (Wildman–Crippen LogP) is 2.99. The fourth-order valence-corrected chi connectivity index (χ4v) is 2.93. The lowest BCUT2D eigenvalue weighted by Crippen LogP contribution is -2.33. The second kappa shape index (κ2) is 8.43. The predicted molar refractivity (Wildman–Crippen MR) is 103 cm³/mol. The van der Waals surface area contributed by atoms with E-state index in [4.69, 9.17) is 0 Å². The first-order valence-corrected chi connectivity index (χ1v) is 8.93. The molecule has 0 saturated heterocycles. The second-order valence-corrected chi connectivity index (χ2v) is 6.52. The number of nitrogens with zero attached hydrogens (tertiary/aromatic N) is 1. The fourth-order valence-electron chi connectivity index (χ4n) is 2.93. The van der Waals surface area contributed by atoms with Gasteiger partial charge in [0.25, 0.3) is 5.56 Å². The van der Waals surface area contributed by atoms with Gasteiger partial charge in [-0.2, -0.15) is 0 Å². The van der Waals surface area contributed by atoms with Crippen LogP contribution in [0, 0.1) is 0 Å². The first-order chi connectivity index (χ1) is 12.6. The molecule has 0 bridgehead atoms. The molecule has 0 saturated carbocycles. The number of fused-ring (bicyclic) bond motifs is 1. The lowest BCUT2D eigenvalue weighted by molar-refractivity contribution is -0.121. The van der Waals surface area contributed by atoms with Crippen molar-refractivity contribution in [3.05, 3.63) is 76.3 Å². The summed E-state index contributed by atoms with van der Waals surface area (Å²) in [6.07, 6.45) is 2.54. The van der Waals surface area contributed by atoms with Crippen molar-refractivity contribution in [2.75, 3.05) is 0 Å². The lowest BCUT2D eigenvalue weighted by Gasteiger charge is -2.14. The Hall–Kier alpha value is -2.95. The Kier molecular flexibility index (Phi) is 5.79. The van der Waals surface area contributed by atoms with E-state index >= 15 is 0 Å². The average molecular weight is 349 g/mol. The summed E-state index contributed by atoms with van der Waals surface area (Å²) in [7, 11) is 0. The molecule has 0 spiro atoms. The molecule has 0 aliphatic carbocycles. The first kappa shape index (κ1) is 17.9. The number of hydrogen-bond acceptors (Lipinski definition) is 3. The molecule has 26 heavy (non-hydrogen) atoms. The molecule has 1 aromatic heterocycles. The SMILES string of the molecule is CC(CCc1ccccc1)NC(=O)CCc1nc2ccccc2c(=O)[nH]1. The maximum atomic E-state index is 12.2. The average Bonchev–Trinajstić information content (AvgIpc) is 2.66. The highest BCUT2D eigenvalue weighted by molar-refractivity contribution is 5.78. The third kappa shape index (κ3) is 4.79. The number of carbonyl (C=O) groups is 1. The minimum atomic E-state index is -0.165. The van der Waals surface area contributed by atoms with Gasteiger partial charge in [-0.25, -0.2) is 4.98 Å². The van der Waals surface area contributed by atoms with Crippen LogP contribution in [-0.4, -0.2) is 21.9 Å². The van der Waals surface area contributed by atoms with Gasteiger partial charge in [0, 0.05) is 18.9 Å². The van der Waals surface area contributed by atoms with Crippen molar-refractivity contribution >= 4 is 16.8 Å². The van der Waals surface area contributed by atoms with Crippen molar-refractivity contribution in [1.29, 1.82) is 0 Å². The molecule has 3 aromatic rings. The van der Waals surface area contributed by atoms with Crippen LogP contribution >= 0.6 is 0 Å². The van der Waals surface area contributed by atoms with E-state index in [1.165, 1.54) is 5.56 Å². The summed E-state index contributed by atoms with van der Waals surface area (Å²) in [5, 5.41) is 3.58. The number of aromatic nitrogens is 2. The number of rotatable bonds is 7. The molecule has 0 fully saturated rings. The van der Waals surface area contributed by atoms with E-state index in [0.29, 0.717) is 29.6 Å². The number of amides is 1. The largest absolute Gasteiger partial charge is 0.354 e. The zero-order valence-electron chi connectivity index (χ0n) is 14.9. The number of hydrogen-bond donors (Lipinski definition) is 2.